The number of benzene rings is 6. The van der Waals surface area contributed by atoms with E-state index in [0.717, 1.165) is 33.8 Å². The summed E-state index contributed by atoms with van der Waals surface area (Å²) in [7, 11) is -0.222. The Balaban J connectivity index is 1.36. The predicted octanol–water partition coefficient (Wildman–Crippen LogP) is 16.1. The summed E-state index contributed by atoms with van der Waals surface area (Å²) in [6.07, 6.45) is 0. The van der Waals surface area contributed by atoms with Gasteiger partial charge in [0.25, 0.3) is 9.03 Å². The quantitative estimate of drug-likeness (QED) is 0.143. The van der Waals surface area contributed by atoms with E-state index in [0.29, 0.717) is 0 Å². The van der Waals surface area contributed by atoms with Crippen LogP contribution in [-0.4, -0.2) is 0 Å². The van der Waals surface area contributed by atoms with Crippen LogP contribution in [0.3, 0.4) is 0 Å². The molecule has 2 nitrogen and oxygen atoms in total. The second-order valence-electron chi connectivity index (χ2n) is 19.9. The predicted molar refractivity (Wildman–Crippen MR) is 248 cm³/mol. The summed E-state index contributed by atoms with van der Waals surface area (Å²) in [5, 5.41) is 0. The van der Waals surface area contributed by atoms with Crippen LogP contribution in [0, 0.1) is 13.8 Å². The lowest BCUT2D eigenvalue weighted by Crippen LogP contribution is -2.19. The summed E-state index contributed by atoms with van der Waals surface area (Å²) < 4.78 is 12.9. The van der Waals surface area contributed by atoms with Gasteiger partial charge in [0.1, 0.15) is 11.5 Å². The molecular weight excluding hydrogens is 712 g/mol. The van der Waals surface area contributed by atoms with Crippen molar-refractivity contribution >= 4 is 9.03 Å². The van der Waals surface area contributed by atoms with E-state index in [-0.39, 0.29) is 30.7 Å². The molecule has 0 heterocycles. The van der Waals surface area contributed by atoms with E-state index in [1.54, 1.807) is 0 Å². The smallest absolute Gasteiger partial charge is 0.275 e. The van der Waals surface area contributed by atoms with E-state index < -0.39 is 0 Å². The zero-order chi connectivity index (χ0) is 41.5. The molecule has 6 rings (SSSR count). The van der Waals surface area contributed by atoms with Crippen LogP contribution >= 0.6 is 9.03 Å². The van der Waals surface area contributed by atoms with Crippen molar-refractivity contribution in [1.29, 1.82) is 0 Å². The number of hydrogen-bond donors (Lipinski definition) is 0. The van der Waals surface area contributed by atoms with Crippen LogP contribution in [0.15, 0.2) is 121 Å². The normalized spacial score (nSPS) is 12.5. The molecule has 6 aromatic rings. The summed E-state index contributed by atoms with van der Waals surface area (Å²) in [4.78, 5) is 0. The van der Waals surface area contributed by atoms with Gasteiger partial charge in [-0.25, -0.2) is 0 Å². The van der Waals surface area contributed by atoms with Gasteiger partial charge in [0, 0.05) is 0 Å². The molecule has 0 amide bonds. The van der Waals surface area contributed by atoms with Gasteiger partial charge in [-0.2, -0.15) is 0 Å². The molecule has 57 heavy (non-hydrogen) atoms. The maximum atomic E-state index is 6.44. The Kier molecular flexibility index (Phi) is 11.7. The molecule has 3 heteroatoms. The second-order valence-corrected chi connectivity index (χ2v) is 20.4. The standard InChI is InChI=1S/C54H63O2P/c1-35-29-45(49(53(9,10)11)33-47(35)51(3,4)5)41-27-25-39(31-43(41)37-21-17-15-18-22-37)55-57-56-40-26-28-42(44(32-40)38-23-19-16-20-24-38)46-30-36(2)48(52(6,7)8)34-50(46)54(12,13)14/h15-34,57H,1-14H3. The minimum atomic E-state index is -0.222. The third-order valence-corrected chi connectivity index (χ3v) is 11.7. The lowest BCUT2D eigenvalue weighted by atomic mass is 9.74. The zero-order valence-electron chi connectivity index (χ0n) is 36.9. The first kappa shape index (κ1) is 42.0. The van der Waals surface area contributed by atoms with Crippen LogP contribution in [0.25, 0.3) is 44.5 Å². The fourth-order valence-corrected chi connectivity index (χ4v) is 8.68. The van der Waals surface area contributed by atoms with E-state index >= 15 is 0 Å². The number of rotatable bonds is 8. The minimum absolute atomic E-state index is 0.0431. The van der Waals surface area contributed by atoms with Gasteiger partial charge in [0.15, 0.2) is 0 Å². The topological polar surface area (TPSA) is 18.5 Å². The third-order valence-electron chi connectivity index (χ3n) is 11.0. The molecule has 0 spiro atoms. The highest BCUT2D eigenvalue weighted by Crippen LogP contribution is 2.46. The Morgan fingerprint density at radius 3 is 0.982 bits per heavy atom. The molecule has 0 fully saturated rings. The second kappa shape index (κ2) is 15.9. The summed E-state index contributed by atoms with van der Waals surface area (Å²) in [6.45, 7) is 32.2. The van der Waals surface area contributed by atoms with Gasteiger partial charge in [-0.15, -0.1) is 0 Å². The molecule has 0 aliphatic rings. The van der Waals surface area contributed by atoms with Crippen LogP contribution in [-0.2, 0) is 21.7 Å². The number of aryl methyl sites for hydroxylation is 2. The van der Waals surface area contributed by atoms with Crippen molar-refractivity contribution in [1.82, 2.24) is 0 Å². The summed E-state index contributed by atoms with van der Waals surface area (Å²) in [5.41, 5.74) is 17.7. The summed E-state index contributed by atoms with van der Waals surface area (Å²) in [5.74, 6) is 1.56. The Morgan fingerprint density at radius 1 is 0.333 bits per heavy atom. The first-order valence-corrected chi connectivity index (χ1v) is 21.2. The van der Waals surface area contributed by atoms with Crippen molar-refractivity contribution in [2.45, 2.75) is 119 Å². The molecule has 0 radical (unpaired) electrons. The fraction of sp³-hybridized carbons (Fsp3) is 0.333. The largest absolute Gasteiger partial charge is 0.441 e. The molecule has 6 aromatic carbocycles. The Morgan fingerprint density at radius 2 is 0.667 bits per heavy atom. The molecule has 0 aliphatic heterocycles. The van der Waals surface area contributed by atoms with E-state index in [4.69, 9.17) is 9.05 Å². The molecular formula is C54H63O2P. The minimum Gasteiger partial charge on any atom is -0.441 e. The van der Waals surface area contributed by atoms with Gasteiger partial charge < -0.3 is 9.05 Å². The summed E-state index contributed by atoms with van der Waals surface area (Å²) >= 11 is 0. The van der Waals surface area contributed by atoms with E-state index in [1.165, 1.54) is 55.6 Å². The SMILES string of the molecule is Cc1cc(-c2ccc(OPOc3ccc(-c4cc(C)c(C(C)(C)C)cc4C(C)(C)C)c(-c4ccccc4)c3)cc2-c2ccccc2)c(C(C)(C)C)cc1C(C)(C)C. The van der Waals surface area contributed by atoms with Crippen LogP contribution in [0.4, 0.5) is 0 Å². The Hall–Kier alpha value is -4.65. The molecule has 0 N–H and O–H groups in total. The molecule has 0 saturated heterocycles. The Bertz CT molecular complexity index is 2190. The monoisotopic (exact) mass is 774 g/mol. The average molecular weight is 775 g/mol. The highest BCUT2D eigenvalue weighted by molar-refractivity contribution is 7.27. The van der Waals surface area contributed by atoms with Gasteiger partial charge in [-0.05, 0) is 138 Å². The van der Waals surface area contributed by atoms with Crippen LogP contribution in [0.5, 0.6) is 11.5 Å². The van der Waals surface area contributed by atoms with Gasteiger partial charge in [-0.3, -0.25) is 0 Å². The van der Waals surface area contributed by atoms with Crippen molar-refractivity contribution in [2.75, 3.05) is 0 Å². The molecule has 0 unspecified atom stereocenters. The molecule has 0 atom stereocenters. The van der Waals surface area contributed by atoms with Gasteiger partial charge in [-0.1, -0.05) is 180 Å². The van der Waals surface area contributed by atoms with Gasteiger partial charge in [0.2, 0.25) is 0 Å². The molecule has 0 bridgehead atoms. The summed E-state index contributed by atoms with van der Waals surface area (Å²) in [6, 6.07) is 44.0. The molecule has 0 aromatic heterocycles. The van der Waals surface area contributed by atoms with Gasteiger partial charge in [0.05, 0.1) is 0 Å². The van der Waals surface area contributed by atoms with Crippen molar-refractivity contribution in [3.8, 4) is 56.0 Å². The van der Waals surface area contributed by atoms with Crippen LogP contribution in [0.2, 0.25) is 0 Å². The first-order valence-electron chi connectivity index (χ1n) is 20.4. The molecule has 296 valence electrons. The van der Waals surface area contributed by atoms with E-state index in [9.17, 15) is 0 Å². The maximum absolute atomic E-state index is 6.44. The van der Waals surface area contributed by atoms with Crippen molar-refractivity contribution in [3.05, 3.63) is 155 Å². The first-order chi connectivity index (χ1) is 26.6. The van der Waals surface area contributed by atoms with Gasteiger partial charge >= 0.3 is 0 Å². The lowest BCUT2D eigenvalue weighted by Gasteiger charge is -2.30. The van der Waals surface area contributed by atoms with Crippen molar-refractivity contribution in [2.24, 2.45) is 0 Å². The third kappa shape index (κ3) is 9.40. The Labute approximate surface area is 346 Å². The van der Waals surface area contributed by atoms with Crippen molar-refractivity contribution in [3.63, 3.8) is 0 Å². The maximum Gasteiger partial charge on any atom is 0.275 e. The highest BCUT2D eigenvalue weighted by atomic mass is 31.1. The zero-order valence-corrected chi connectivity index (χ0v) is 37.9. The molecule has 0 saturated carbocycles. The van der Waals surface area contributed by atoms with Crippen LogP contribution < -0.4 is 9.05 Å². The average Bonchev–Trinajstić information content (AvgIpc) is 3.13. The van der Waals surface area contributed by atoms with E-state index in [1.807, 2.05) is 0 Å². The number of hydrogen-bond acceptors (Lipinski definition) is 2. The van der Waals surface area contributed by atoms with Crippen LogP contribution in [0.1, 0.15) is 116 Å². The van der Waals surface area contributed by atoms with E-state index in [2.05, 4.69) is 218 Å². The van der Waals surface area contributed by atoms with Crippen molar-refractivity contribution < 1.29 is 9.05 Å². The fourth-order valence-electron chi connectivity index (χ4n) is 8.19. The molecule has 0 aliphatic carbocycles. The lowest BCUT2D eigenvalue weighted by molar-refractivity contribution is 0.516. The highest BCUT2D eigenvalue weighted by Gasteiger charge is 2.28.